The molecule has 0 aliphatic heterocycles. The Balaban J connectivity index is 1.40. The molecule has 0 radical (unpaired) electrons. The van der Waals surface area contributed by atoms with Gasteiger partial charge in [0, 0.05) is 31.6 Å². The fourth-order valence-electron chi connectivity index (χ4n) is 2.97. The van der Waals surface area contributed by atoms with Crippen molar-refractivity contribution in [2.45, 2.75) is 19.9 Å². The van der Waals surface area contributed by atoms with Gasteiger partial charge in [-0.25, -0.2) is 14.6 Å². The van der Waals surface area contributed by atoms with Gasteiger partial charge in [-0.1, -0.05) is 12.1 Å². The van der Waals surface area contributed by atoms with Crippen molar-refractivity contribution >= 4 is 28.0 Å². The number of rotatable bonds is 5. The van der Waals surface area contributed by atoms with Crippen molar-refractivity contribution in [3.05, 3.63) is 54.1 Å². The summed E-state index contributed by atoms with van der Waals surface area (Å²) in [4.78, 5) is 26.4. The summed E-state index contributed by atoms with van der Waals surface area (Å²) < 4.78 is 1.65. The molecule has 0 unspecified atom stereocenters. The van der Waals surface area contributed by atoms with Crippen LogP contribution >= 0.6 is 0 Å². The zero-order chi connectivity index (χ0) is 18.1. The molecule has 0 aliphatic rings. The van der Waals surface area contributed by atoms with E-state index in [0.29, 0.717) is 13.0 Å². The minimum absolute atomic E-state index is 0.00603. The van der Waals surface area contributed by atoms with Gasteiger partial charge in [-0.3, -0.25) is 4.79 Å². The predicted molar refractivity (Wildman–Crippen MR) is 99.7 cm³/mol. The molecule has 3 heterocycles. The van der Waals surface area contributed by atoms with Crippen molar-refractivity contribution in [3.63, 3.8) is 0 Å². The lowest BCUT2D eigenvalue weighted by atomic mass is 10.2. The molecular weight excluding hydrogens is 328 g/mol. The van der Waals surface area contributed by atoms with Crippen molar-refractivity contribution in [1.29, 1.82) is 0 Å². The Morgan fingerprint density at radius 3 is 2.96 bits per heavy atom. The molecular formula is C19H20N6O. The van der Waals surface area contributed by atoms with E-state index in [0.717, 1.165) is 33.5 Å². The van der Waals surface area contributed by atoms with E-state index in [4.69, 9.17) is 0 Å². The van der Waals surface area contributed by atoms with E-state index in [-0.39, 0.29) is 12.5 Å². The van der Waals surface area contributed by atoms with Crippen LogP contribution < -0.4 is 0 Å². The number of H-pyrrole nitrogens is 1. The van der Waals surface area contributed by atoms with Crippen LogP contribution in [0.15, 0.2) is 42.7 Å². The number of nitrogens with zero attached hydrogens (tertiary/aromatic N) is 5. The summed E-state index contributed by atoms with van der Waals surface area (Å²) in [5, 5.41) is 5.24. The van der Waals surface area contributed by atoms with Crippen LogP contribution in [0.2, 0.25) is 0 Å². The molecule has 0 saturated heterocycles. The van der Waals surface area contributed by atoms with Crippen LogP contribution in [-0.2, 0) is 17.8 Å². The molecule has 0 fully saturated rings. The largest absolute Gasteiger partial charge is 0.344 e. The number of fused-ring (bicyclic) bond motifs is 2. The quantitative estimate of drug-likeness (QED) is 0.600. The number of imidazole rings is 1. The lowest BCUT2D eigenvalue weighted by Crippen LogP contribution is -2.32. The predicted octanol–water partition coefficient (Wildman–Crippen LogP) is 2.32. The maximum Gasteiger partial charge on any atom is 0.244 e. The fraction of sp³-hybridized carbons (Fsp3) is 0.263. The molecule has 7 heteroatoms. The Morgan fingerprint density at radius 2 is 2.12 bits per heavy atom. The molecule has 0 bridgehead atoms. The summed E-state index contributed by atoms with van der Waals surface area (Å²) in [5.41, 5.74) is 3.77. The molecule has 1 N–H and O–H groups in total. The number of hydrogen-bond acceptors (Lipinski definition) is 4. The second kappa shape index (κ2) is 6.59. The minimum Gasteiger partial charge on any atom is -0.344 e. The van der Waals surface area contributed by atoms with Gasteiger partial charge >= 0.3 is 0 Å². The number of amides is 1. The third-order valence-electron chi connectivity index (χ3n) is 4.45. The van der Waals surface area contributed by atoms with Crippen LogP contribution in [0.5, 0.6) is 0 Å². The zero-order valence-corrected chi connectivity index (χ0v) is 14.8. The molecule has 7 nitrogen and oxygen atoms in total. The van der Waals surface area contributed by atoms with Gasteiger partial charge in [0.25, 0.3) is 0 Å². The lowest BCUT2D eigenvalue weighted by molar-refractivity contribution is -0.130. The van der Waals surface area contributed by atoms with E-state index in [2.05, 4.69) is 20.1 Å². The molecule has 0 saturated carbocycles. The molecule has 26 heavy (non-hydrogen) atoms. The second-order valence-electron chi connectivity index (χ2n) is 6.49. The number of carbonyl (C=O) groups is 1. The molecule has 1 aromatic carbocycles. The number of para-hydroxylation sites is 2. The Labute approximate surface area is 150 Å². The Bertz CT molecular complexity index is 1050. The van der Waals surface area contributed by atoms with Gasteiger partial charge in [0.2, 0.25) is 5.91 Å². The first-order chi connectivity index (χ1) is 12.6. The molecule has 4 rings (SSSR count). The van der Waals surface area contributed by atoms with Crippen LogP contribution in [0, 0.1) is 6.92 Å². The molecule has 4 aromatic rings. The smallest absolute Gasteiger partial charge is 0.244 e. The third-order valence-corrected chi connectivity index (χ3v) is 4.45. The van der Waals surface area contributed by atoms with Gasteiger partial charge in [0.05, 0.1) is 17.2 Å². The number of carbonyl (C=O) groups excluding carboxylic acids is 1. The van der Waals surface area contributed by atoms with Gasteiger partial charge in [-0.05, 0) is 30.7 Å². The van der Waals surface area contributed by atoms with Crippen LogP contribution in [0.3, 0.4) is 0 Å². The number of likely N-dealkylation sites (N-methyl/N-ethyl adjacent to an activating group) is 1. The van der Waals surface area contributed by atoms with Crippen molar-refractivity contribution in [2.24, 2.45) is 0 Å². The summed E-state index contributed by atoms with van der Waals surface area (Å²) in [5.74, 6) is 0.876. The minimum atomic E-state index is -0.00603. The monoisotopic (exact) mass is 348 g/mol. The molecule has 132 valence electrons. The highest BCUT2D eigenvalue weighted by molar-refractivity contribution is 5.80. The Hall–Kier alpha value is -3.22. The number of pyridine rings is 1. The number of nitrogens with one attached hydrogen (secondary N) is 1. The third kappa shape index (κ3) is 3.15. The van der Waals surface area contributed by atoms with E-state index in [9.17, 15) is 4.79 Å². The highest BCUT2D eigenvalue weighted by atomic mass is 16.2. The Kier molecular flexibility index (Phi) is 4.12. The maximum atomic E-state index is 12.5. The maximum absolute atomic E-state index is 12.5. The van der Waals surface area contributed by atoms with Gasteiger partial charge in [-0.2, -0.15) is 5.10 Å². The molecule has 0 atom stereocenters. The first-order valence-electron chi connectivity index (χ1n) is 8.56. The Morgan fingerprint density at radius 1 is 1.27 bits per heavy atom. The highest BCUT2D eigenvalue weighted by Crippen LogP contribution is 2.13. The van der Waals surface area contributed by atoms with Gasteiger partial charge in [0.15, 0.2) is 5.65 Å². The van der Waals surface area contributed by atoms with Gasteiger partial charge < -0.3 is 9.88 Å². The number of aromatic amines is 1. The summed E-state index contributed by atoms with van der Waals surface area (Å²) in [6.45, 7) is 2.75. The van der Waals surface area contributed by atoms with E-state index in [1.54, 1.807) is 29.0 Å². The van der Waals surface area contributed by atoms with Crippen molar-refractivity contribution in [1.82, 2.24) is 29.6 Å². The molecule has 1 amide bonds. The van der Waals surface area contributed by atoms with E-state index >= 15 is 0 Å². The van der Waals surface area contributed by atoms with E-state index < -0.39 is 0 Å². The standard InChI is InChI=1S/C19H20N6O/c1-13-9-14-11-21-25(19(14)20-10-13)12-18(26)24(2)8-7-17-22-15-5-3-4-6-16(15)23-17/h3-6,9-11H,7-8,12H2,1-2H3,(H,22,23). The SMILES string of the molecule is Cc1cnc2c(cnn2CC(=O)N(C)CCc2nc3ccccc3[nH]2)c1. The number of aromatic nitrogens is 5. The molecule has 3 aromatic heterocycles. The number of benzene rings is 1. The average Bonchev–Trinajstić information content (AvgIpc) is 3.23. The van der Waals surface area contributed by atoms with E-state index in [1.807, 2.05) is 37.3 Å². The van der Waals surface area contributed by atoms with E-state index in [1.165, 1.54) is 0 Å². The normalized spacial score (nSPS) is 11.3. The summed E-state index contributed by atoms with van der Waals surface area (Å²) in [6, 6.07) is 9.93. The lowest BCUT2D eigenvalue weighted by Gasteiger charge is -2.16. The first kappa shape index (κ1) is 16.3. The van der Waals surface area contributed by atoms with Crippen LogP contribution in [0.1, 0.15) is 11.4 Å². The number of aryl methyl sites for hydroxylation is 1. The zero-order valence-electron chi connectivity index (χ0n) is 14.8. The first-order valence-corrected chi connectivity index (χ1v) is 8.56. The molecule has 0 spiro atoms. The summed E-state index contributed by atoms with van der Waals surface area (Å²) in [7, 11) is 1.80. The highest BCUT2D eigenvalue weighted by Gasteiger charge is 2.13. The van der Waals surface area contributed by atoms with Gasteiger partial charge in [0.1, 0.15) is 12.4 Å². The summed E-state index contributed by atoms with van der Waals surface area (Å²) in [6.07, 6.45) is 4.21. The second-order valence-corrected chi connectivity index (χ2v) is 6.49. The van der Waals surface area contributed by atoms with Crippen LogP contribution in [-0.4, -0.2) is 49.1 Å². The van der Waals surface area contributed by atoms with Crippen molar-refractivity contribution in [2.75, 3.05) is 13.6 Å². The molecule has 0 aliphatic carbocycles. The van der Waals surface area contributed by atoms with Crippen LogP contribution in [0.4, 0.5) is 0 Å². The van der Waals surface area contributed by atoms with Crippen LogP contribution in [0.25, 0.3) is 22.1 Å². The van der Waals surface area contributed by atoms with Crippen molar-refractivity contribution < 1.29 is 4.79 Å². The fourth-order valence-corrected chi connectivity index (χ4v) is 2.97. The number of hydrogen-bond donors (Lipinski definition) is 1. The van der Waals surface area contributed by atoms with Crippen molar-refractivity contribution in [3.8, 4) is 0 Å². The topological polar surface area (TPSA) is 79.7 Å². The summed E-state index contributed by atoms with van der Waals surface area (Å²) >= 11 is 0. The average molecular weight is 348 g/mol. The van der Waals surface area contributed by atoms with Gasteiger partial charge in [-0.15, -0.1) is 0 Å².